The second-order valence-corrected chi connectivity index (χ2v) is 9.92. The van der Waals surface area contributed by atoms with Crippen LogP contribution in [0.1, 0.15) is 29.6 Å². The number of nitrogens with one attached hydrogen (secondary N) is 1. The van der Waals surface area contributed by atoms with Gasteiger partial charge in [-0.05, 0) is 30.4 Å². The monoisotopic (exact) mass is 472 g/mol. The summed E-state index contributed by atoms with van der Waals surface area (Å²) in [5.74, 6) is 0.132. The number of rotatable bonds is 5. The number of fused-ring (bicyclic) bond motifs is 1. The molecule has 2 fully saturated rings. The van der Waals surface area contributed by atoms with Crippen LogP contribution in [0.25, 0.3) is 22.3 Å². The summed E-state index contributed by atoms with van der Waals surface area (Å²) in [6, 6.07) is 6.66. The van der Waals surface area contributed by atoms with Gasteiger partial charge in [-0.15, -0.1) is 0 Å². The van der Waals surface area contributed by atoms with Crippen molar-refractivity contribution >= 4 is 28.3 Å². The van der Waals surface area contributed by atoms with Gasteiger partial charge in [0.2, 0.25) is 0 Å². The fourth-order valence-corrected chi connectivity index (χ4v) is 5.89. The average molecular weight is 473 g/mol. The minimum Gasteiger partial charge on any atom is -0.346 e. The molecule has 4 aromatic rings. The average Bonchev–Trinajstić information content (AvgIpc) is 3.62. The number of H-pyrrole nitrogens is 1. The van der Waals surface area contributed by atoms with E-state index in [1.807, 2.05) is 51.1 Å². The molecule has 0 unspecified atom stereocenters. The molecule has 0 aliphatic carbocycles. The van der Waals surface area contributed by atoms with Crippen LogP contribution in [0, 0.1) is 11.3 Å². The topological polar surface area (TPSA) is 107 Å². The maximum atomic E-state index is 12.6. The van der Waals surface area contributed by atoms with Crippen molar-refractivity contribution in [3.05, 3.63) is 53.4 Å². The molecular formula is C24H24N8OS. The van der Waals surface area contributed by atoms with Crippen LogP contribution in [0.4, 0.5) is 0 Å². The summed E-state index contributed by atoms with van der Waals surface area (Å²) < 4.78 is 1.96. The summed E-state index contributed by atoms with van der Waals surface area (Å²) in [4.78, 5) is 28.9. The van der Waals surface area contributed by atoms with Crippen molar-refractivity contribution < 1.29 is 4.79 Å². The van der Waals surface area contributed by atoms with Crippen LogP contribution in [-0.4, -0.2) is 72.7 Å². The molecule has 10 heteroatoms. The highest BCUT2D eigenvalue weighted by atomic mass is 32.1. The minimum absolute atomic E-state index is 0.132. The highest BCUT2D eigenvalue weighted by Crippen LogP contribution is 2.37. The Kier molecular flexibility index (Phi) is 5.16. The number of nitrogens with zero attached hydrogens (tertiary/aromatic N) is 7. The smallest absolute Gasteiger partial charge is 0.254 e. The fourth-order valence-electron chi connectivity index (χ4n) is 5.26. The highest BCUT2D eigenvalue weighted by Gasteiger charge is 2.48. The van der Waals surface area contributed by atoms with E-state index in [1.54, 1.807) is 17.7 Å². The maximum Gasteiger partial charge on any atom is 0.254 e. The molecule has 2 aliphatic rings. The molecule has 0 saturated carbocycles. The van der Waals surface area contributed by atoms with Crippen molar-refractivity contribution in [1.82, 2.24) is 34.5 Å². The third kappa shape index (κ3) is 3.48. The number of likely N-dealkylation sites (tertiary alicyclic amines) is 2. The first-order chi connectivity index (χ1) is 16.7. The Bertz CT molecular complexity index is 1350. The van der Waals surface area contributed by atoms with Crippen LogP contribution in [0.3, 0.4) is 0 Å². The third-order valence-electron chi connectivity index (χ3n) is 7.14. The minimum atomic E-state index is -0.332. The van der Waals surface area contributed by atoms with Gasteiger partial charge in [0.15, 0.2) is 0 Å². The standard InChI is InChI=1S/C24H24N8OS/c25-6-5-24(32-12-18(11-29-32)21-20-1-7-26-22(20)28-16-27-21)14-31(15-24)19-2-8-30(9-3-19)23(33)17-4-10-34-13-17/h1,4,7,10-13,16,19H,2-3,5,8-9,14-15H2,(H,26,27,28). The Morgan fingerprint density at radius 1 is 1.26 bits per heavy atom. The maximum absolute atomic E-state index is 12.6. The zero-order valence-corrected chi connectivity index (χ0v) is 19.4. The van der Waals surface area contributed by atoms with Crippen molar-refractivity contribution in [1.29, 1.82) is 5.26 Å². The Morgan fingerprint density at radius 2 is 2.12 bits per heavy atom. The van der Waals surface area contributed by atoms with Gasteiger partial charge < -0.3 is 9.88 Å². The van der Waals surface area contributed by atoms with Crippen LogP contribution in [-0.2, 0) is 5.54 Å². The Labute approximate surface area is 200 Å². The van der Waals surface area contributed by atoms with E-state index in [0.29, 0.717) is 12.5 Å². The van der Waals surface area contributed by atoms with Crippen LogP contribution in [0.15, 0.2) is 47.8 Å². The van der Waals surface area contributed by atoms with E-state index in [9.17, 15) is 10.1 Å². The second kappa shape index (κ2) is 8.34. The zero-order chi connectivity index (χ0) is 23.1. The van der Waals surface area contributed by atoms with E-state index in [0.717, 1.165) is 66.9 Å². The van der Waals surface area contributed by atoms with Crippen molar-refractivity contribution in [3.63, 3.8) is 0 Å². The molecule has 1 N–H and O–H groups in total. The fraction of sp³-hybridized carbons (Fsp3) is 0.375. The van der Waals surface area contributed by atoms with Gasteiger partial charge in [0.05, 0.1) is 29.9 Å². The van der Waals surface area contributed by atoms with Gasteiger partial charge in [-0.25, -0.2) is 9.97 Å². The molecule has 0 spiro atoms. The molecule has 4 aromatic heterocycles. The van der Waals surface area contributed by atoms with E-state index in [2.05, 4.69) is 31.0 Å². The molecule has 6 heterocycles. The lowest BCUT2D eigenvalue weighted by molar-refractivity contribution is -0.0412. The van der Waals surface area contributed by atoms with Crippen molar-refractivity contribution in [2.75, 3.05) is 26.2 Å². The van der Waals surface area contributed by atoms with Gasteiger partial charge in [-0.2, -0.15) is 21.7 Å². The van der Waals surface area contributed by atoms with E-state index < -0.39 is 0 Å². The molecule has 6 rings (SSSR count). The predicted molar refractivity (Wildman–Crippen MR) is 128 cm³/mol. The normalized spacial score (nSPS) is 18.6. The lowest BCUT2D eigenvalue weighted by atomic mass is 9.83. The first-order valence-corrected chi connectivity index (χ1v) is 12.4. The number of aromatic nitrogens is 5. The van der Waals surface area contributed by atoms with Gasteiger partial charge >= 0.3 is 0 Å². The Morgan fingerprint density at radius 3 is 2.88 bits per heavy atom. The van der Waals surface area contributed by atoms with E-state index >= 15 is 0 Å². The SMILES string of the molecule is N#CCC1(n2cc(-c3ncnc4[nH]ccc34)cn2)CN(C2CCN(C(=O)c3ccsc3)CC2)C1. The van der Waals surface area contributed by atoms with Gasteiger partial charge in [-0.3, -0.25) is 14.4 Å². The number of hydrogen-bond donors (Lipinski definition) is 1. The summed E-state index contributed by atoms with van der Waals surface area (Å²) in [6.45, 7) is 3.11. The molecule has 0 atom stereocenters. The quantitative estimate of drug-likeness (QED) is 0.478. The van der Waals surface area contributed by atoms with Gasteiger partial charge in [0, 0.05) is 60.9 Å². The first kappa shape index (κ1) is 21.0. The van der Waals surface area contributed by atoms with Gasteiger partial charge in [0.1, 0.15) is 17.5 Å². The van der Waals surface area contributed by atoms with Crippen LogP contribution >= 0.6 is 11.3 Å². The van der Waals surface area contributed by atoms with Gasteiger partial charge in [-0.1, -0.05) is 0 Å². The second-order valence-electron chi connectivity index (χ2n) is 9.14. The number of amides is 1. The third-order valence-corrected chi connectivity index (χ3v) is 7.82. The number of carbonyl (C=O) groups is 1. The van der Waals surface area contributed by atoms with Crippen LogP contribution < -0.4 is 0 Å². The number of thiophene rings is 1. The molecule has 0 radical (unpaired) electrons. The zero-order valence-electron chi connectivity index (χ0n) is 18.6. The molecule has 2 saturated heterocycles. The van der Waals surface area contributed by atoms with Gasteiger partial charge in [0.25, 0.3) is 5.91 Å². The number of piperidine rings is 1. The van der Waals surface area contributed by atoms with E-state index in [-0.39, 0.29) is 11.4 Å². The summed E-state index contributed by atoms with van der Waals surface area (Å²) in [7, 11) is 0. The molecule has 2 aliphatic heterocycles. The molecule has 172 valence electrons. The molecule has 9 nitrogen and oxygen atoms in total. The largest absolute Gasteiger partial charge is 0.346 e. The van der Waals surface area contributed by atoms with Crippen LogP contribution in [0.5, 0.6) is 0 Å². The molecule has 0 aromatic carbocycles. The molecular weight excluding hydrogens is 448 g/mol. The summed E-state index contributed by atoms with van der Waals surface area (Å²) in [5.41, 5.74) is 3.01. The van der Waals surface area contributed by atoms with Crippen molar-refractivity contribution in [2.45, 2.75) is 30.8 Å². The highest BCUT2D eigenvalue weighted by molar-refractivity contribution is 7.08. The number of hydrogen-bond acceptors (Lipinski definition) is 7. The van der Waals surface area contributed by atoms with Crippen LogP contribution in [0.2, 0.25) is 0 Å². The van der Waals surface area contributed by atoms with E-state index in [4.69, 9.17) is 0 Å². The first-order valence-electron chi connectivity index (χ1n) is 11.4. The summed E-state index contributed by atoms with van der Waals surface area (Å²) in [5, 5.41) is 19.0. The number of nitriles is 1. The molecule has 1 amide bonds. The van der Waals surface area contributed by atoms with E-state index in [1.165, 1.54) is 0 Å². The molecule has 34 heavy (non-hydrogen) atoms. The number of carbonyl (C=O) groups excluding carboxylic acids is 1. The number of aromatic amines is 1. The predicted octanol–water partition coefficient (Wildman–Crippen LogP) is 3.11. The lowest BCUT2D eigenvalue weighted by Crippen LogP contribution is -2.66. The Balaban J connectivity index is 1.14. The Hall–Kier alpha value is -3.55. The van der Waals surface area contributed by atoms with Crippen molar-refractivity contribution in [3.8, 4) is 17.3 Å². The van der Waals surface area contributed by atoms with Crippen molar-refractivity contribution in [2.24, 2.45) is 0 Å². The molecule has 0 bridgehead atoms. The summed E-state index contributed by atoms with van der Waals surface area (Å²) >= 11 is 1.55. The lowest BCUT2D eigenvalue weighted by Gasteiger charge is -2.53. The summed E-state index contributed by atoms with van der Waals surface area (Å²) in [6.07, 6.45) is 9.55.